The summed E-state index contributed by atoms with van der Waals surface area (Å²) in [5, 5.41) is 22.1. The summed E-state index contributed by atoms with van der Waals surface area (Å²) in [5.41, 5.74) is 1.70. The van der Waals surface area contributed by atoms with Crippen LogP contribution in [0.5, 0.6) is 11.5 Å². The second-order valence-electron chi connectivity index (χ2n) is 11.0. The third-order valence-electron chi connectivity index (χ3n) is 9.49. The minimum absolute atomic E-state index is 0.0144. The zero-order chi connectivity index (χ0) is 22.2. The molecular formula is C26H39NO4. The number of likely N-dealkylation sites (tertiary alicyclic amines) is 1. The number of piperidine rings is 1. The van der Waals surface area contributed by atoms with Crippen LogP contribution >= 0.6 is 0 Å². The third kappa shape index (κ3) is 2.60. The summed E-state index contributed by atoms with van der Waals surface area (Å²) >= 11 is 0. The molecule has 1 aromatic carbocycles. The summed E-state index contributed by atoms with van der Waals surface area (Å²) in [6.45, 7) is 7.48. The number of benzene rings is 1. The summed E-state index contributed by atoms with van der Waals surface area (Å²) < 4.78 is 13.0. The number of ether oxygens (including phenoxy) is 2. The van der Waals surface area contributed by atoms with Crippen molar-refractivity contribution in [3.63, 3.8) is 0 Å². The van der Waals surface area contributed by atoms with E-state index in [4.69, 9.17) is 9.47 Å². The van der Waals surface area contributed by atoms with Gasteiger partial charge in [-0.1, -0.05) is 26.7 Å². The molecule has 5 heteroatoms. The highest BCUT2D eigenvalue weighted by Crippen LogP contribution is 2.71. The maximum atomic E-state index is 11.7. The van der Waals surface area contributed by atoms with Crippen LogP contribution in [-0.4, -0.2) is 59.7 Å². The highest BCUT2D eigenvalue weighted by atomic mass is 16.5. The van der Waals surface area contributed by atoms with E-state index in [-0.39, 0.29) is 34.7 Å². The number of hydrogen-bond acceptors (Lipinski definition) is 5. The van der Waals surface area contributed by atoms with Gasteiger partial charge in [-0.25, -0.2) is 0 Å². The zero-order valence-corrected chi connectivity index (χ0v) is 19.8. The van der Waals surface area contributed by atoms with Crippen LogP contribution in [0.2, 0.25) is 0 Å². The monoisotopic (exact) mass is 429 g/mol. The first kappa shape index (κ1) is 21.5. The lowest BCUT2D eigenvalue weighted by Gasteiger charge is -2.68. The largest absolute Gasteiger partial charge is 0.508 e. The fraction of sp³-hybridized carbons (Fsp3) is 0.769. The first-order valence-corrected chi connectivity index (χ1v) is 12.2. The van der Waals surface area contributed by atoms with Crippen molar-refractivity contribution < 1.29 is 19.7 Å². The molecule has 31 heavy (non-hydrogen) atoms. The Kier molecular flexibility index (Phi) is 4.93. The standard InChI is InChI=1S/C26H39NO4/c1-6-8-24(3,29)18-15-25(9-7-2)20-13-16-12-17(28)14-19-21(16)26(25,10-11-27(20)4)23(31-19)22(18)30-5/h12,14,18,20,22-23,28-29H,6-11,13,15H2,1-5H3/t18-,20+,22+,23-,24-,25+,26-/m0/s1. The molecule has 5 nitrogen and oxygen atoms in total. The minimum atomic E-state index is -0.800. The summed E-state index contributed by atoms with van der Waals surface area (Å²) in [7, 11) is 4.04. The van der Waals surface area contributed by atoms with E-state index in [1.54, 1.807) is 7.11 Å². The van der Waals surface area contributed by atoms with E-state index in [1.165, 1.54) is 11.1 Å². The van der Waals surface area contributed by atoms with Crippen molar-refractivity contribution in [3.8, 4) is 11.5 Å². The van der Waals surface area contributed by atoms with Gasteiger partial charge in [-0.2, -0.15) is 0 Å². The van der Waals surface area contributed by atoms with Crippen LogP contribution in [0.4, 0.5) is 0 Å². The third-order valence-corrected chi connectivity index (χ3v) is 9.49. The van der Waals surface area contributed by atoms with E-state index in [0.717, 1.165) is 57.2 Å². The van der Waals surface area contributed by atoms with Crippen molar-refractivity contribution in [1.29, 1.82) is 0 Å². The minimum Gasteiger partial charge on any atom is -0.508 e. The smallest absolute Gasteiger partial charge is 0.136 e. The molecule has 1 saturated heterocycles. The molecule has 2 fully saturated rings. The number of phenols is 1. The van der Waals surface area contributed by atoms with Crippen LogP contribution < -0.4 is 4.74 Å². The lowest BCUT2D eigenvalue weighted by Crippen LogP contribution is -2.75. The first-order valence-electron chi connectivity index (χ1n) is 12.2. The number of likely N-dealkylation sites (N-methyl/N-ethyl adjacent to an activating group) is 1. The summed E-state index contributed by atoms with van der Waals surface area (Å²) in [4.78, 5) is 2.54. The highest BCUT2D eigenvalue weighted by Gasteiger charge is 2.74. The molecule has 0 amide bonds. The Morgan fingerprint density at radius 2 is 2.06 bits per heavy atom. The average Bonchev–Trinajstić information content (AvgIpc) is 3.03. The van der Waals surface area contributed by atoms with E-state index in [0.29, 0.717) is 6.04 Å². The van der Waals surface area contributed by atoms with E-state index >= 15 is 0 Å². The number of hydrogen-bond donors (Lipinski definition) is 2. The topological polar surface area (TPSA) is 62.2 Å². The van der Waals surface area contributed by atoms with Crippen LogP contribution in [0.25, 0.3) is 0 Å². The Morgan fingerprint density at radius 3 is 2.74 bits per heavy atom. The van der Waals surface area contributed by atoms with Crippen LogP contribution in [0.15, 0.2) is 12.1 Å². The van der Waals surface area contributed by atoms with Gasteiger partial charge < -0.3 is 24.6 Å². The molecular weight excluding hydrogens is 390 g/mol. The molecule has 5 rings (SSSR count). The Balaban J connectivity index is 1.77. The van der Waals surface area contributed by atoms with Crippen molar-refractivity contribution in [2.75, 3.05) is 20.7 Å². The Hall–Kier alpha value is -1.30. The summed E-state index contributed by atoms with van der Waals surface area (Å²) in [5.74, 6) is 1.15. The zero-order valence-electron chi connectivity index (χ0n) is 19.8. The molecule has 0 unspecified atom stereocenters. The summed E-state index contributed by atoms with van der Waals surface area (Å²) in [6.07, 6.45) is 6.58. The molecule has 0 radical (unpaired) electrons. The van der Waals surface area contributed by atoms with Gasteiger partial charge in [0.25, 0.3) is 0 Å². The second-order valence-corrected chi connectivity index (χ2v) is 11.0. The molecule has 2 bridgehead atoms. The number of nitrogens with zero attached hydrogens (tertiary/aromatic N) is 1. The maximum absolute atomic E-state index is 11.7. The Bertz CT molecular complexity index is 869. The van der Waals surface area contributed by atoms with Crippen LogP contribution in [0.1, 0.15) is 70.4 Å². The number of aliphatic hydroxyl groups is 1. The SMILES string of the molecule is CCC[C@]12C[C@H]([C@@](C)(O)CCC)[C@@H](OC)[C@@H]3Oc4cc(O)cc5c4[C@@]31CCN(C)[C@@H]2C5. The van der Waals surface area contributed by atoms with E-state index in [9.17, 15) is 10.2 Å². The van der Waals surface area contributed by atoms with Crippen molar-refractivity contribution in [1.82, 2.24) is 4.90 Å². The van der Waals surface area contributed by atoms with Gasteiger partial charge in [-0.05, 0) is 64.3 Å². The van der Waals surface area contributed by atoms with Gasteiger partial charge in [0.2, 0.25) is 0 Å². The molecule has 2 aliphatic carbocycles. The molecule has 7 atom stereocenters. The molecule has 2 heterocycles. The van der Waals surface area contributed by atoms with Crippen molar-refractivity contribution >= 4 is 0 Å². The van der Waals surface area contributed by atoms with E-state index < -0.39 is 5.60 Å². The van der Waals surface area contributed by atoms with Gasteiger partial charge in [-0.3, -0.25) is 0 Å². The Labute approximate surface area is 186 Å². The number of aromatic hydroxyl groups is 1. The lowest BCUT2D eigenvalue weighted by atomic mass is 9.40. The summed E-state index contributed by atoms with van der Waals surface area (Å²) in [6, 6.07) is 4.16. The van der Waals surface area contributed by atoms with Gasteiger partial charge in [0.1, 0.15) is 23.7 Å². The molecule has 1 saturated carbocycles. The van der Waals surface area contributed by atoms with Gasteiger partial charge in [0.15, 0.2) is 0 Å². The number of phenolic OH excluding ortho intramolecular Hbond substituents is 1. The van der Waals surface area contributed by atoms with Crippen molar-refractivity contribution in [3.05, 3.63) is 23.3 Å². The maximum Gasteiger partial charge on any atom is 0.136 e. The van der Waals surface area contributed by atoms with Crippen molar-refractivity contribution in [2.24, 2.45) is 11.3 Å². The van der Waals surface area contributed by atoms with Gasteiger partial charge in [-0.15, -0.1) is 0 Å². The fourth-order valence-corrected chi connectivity index (χ4v) is 8.51. The molecule has 4 aliphatic rings. The van der Waals surface area contributed by atoms with Gasteiger partial charge in [0.05, 0.1) is 5.60 Å². The number of rotatable bonds is 6. The highest BCUT2D eigenvalue weighted by molar-refractivity contribution is 5.59. The van der Waals surface area contributed by atoms with E-state index in [1.807, 2.05) is 19.1 Å². The normalized spacial score (nSPS) is 40.2. The predicted molar refractivity (Wildman–Crippen MR) is 121 cm³/mol. The molecule has 2 aliphatic heterocycles. The first-order chi connectivity index (χ1) is 14.8. The van der Waals surface area contributed by atoms with Gasteiger partial charge >= 0.3 is 0 Å². The van der Waals surface area contributed by atoms with Crippen LogP contribution in [0, 0.1) is 11.3 Å². The molecule has 2 N–H and O–H groups in total. The van der Waals surface area contributed by atoms with Crippen molar-refractivity contribution in [2.45, 2.75) is 95.0 Å². The quantitative estimate of drug-likeness (QED) is 0.715. The number of methoxy groups -OCH3 is 1. The lowest BCUT2D eigenvalue weighted by molar-refractivity contribution is -0.220. The molecule has 1 aromatic rings. The molecule has 172 valence electrons. The second kappa shape index (κ2) is 7.10. The average molecular weight is 430 g/mol. The Morgan fingerprint density at radius 1 is 1.29 bits per heavy atom. The van der Waals surface area contributed by atoms with Crippen LogP contribution in [0.3, 0.4) is 0 Å². The fourth-order valence-electron chi connectivity index (χ4n) is 8.51. The predicted octanol–water partition coefficient (Wildman–Crippen LogP) is 4.02. The van der Waals surface area contributed by atoms with E-state index in [2.05, 4.69) is 25.8 Å². The molecule has 1 spiro atoms. The van der Waals surface area contributed by atoms with Gasteiger partial charge in [0, 0.05) is 41.5 Å². The van der Waals surface area contributed by atoms with Crippen LogP contribution in [-0.2, 0) is 16.6 Å². The molecule has 0 aromatic heterocycles.